The summed E-state index contributed by atoms with van der Waals surface area (Å²) in [5.41, 5.74) is 0.466. The second-order valence-corrected chi connectivity index (χ2v) is 8.19. The minimum atomic E-state index is -3.75. The van der Waals surface area contributed by atoms with Gasteiger partial charge in [0.1, 0.15) is 11.6 Å². The maximum absolute atomic E-state index is 12.6. The third-order valence-corrected chi connectivity index (χ3v) is 4.82. The van der Waals surface area contributed by atoms with Crippen LogP contribution >= 0.6 is 0 Å². The summed E-state index contributed by atoms with van der Waals surface area (Å²) in [5.74, 6) is 1.37. The van der Waals surface area contributed by atoms with Crippen molar-refractivity contribution < 1.29 is 12.8 Å². The van der Waals surface area contributed by atoms with Crippen LogP contribution in [0.4, 0.5) is 5.82 Å². The van der Waals surface area contributed by atoms with Gasteiger partial charge in [-0.05, 0) is 30.3 Å². The Bertz CT molecular complexity index is 960. The molecule has 0 radical (unpaired) electrons. The third-order valence-electron chi connectivity index (χ3n) is 3.45. The van der Waals surface area contributed by atoms with Gasteiger partial charge in [0.15, 0.2) is 12.2 Å². The SMILES string of the molecule is CC(C)(C)c1nccc(NS(=O)(=O)c2ccc(-c3cnco3)cc2)n1. The Morgan fingerprint density at radius 3 is 2.40 bits per heavy atom. The lowest BCUT2D eigenvalue weighted by atomic mass is 9.96. The number of aromatic nitrogens is 3. The molecule has 0 aliphatic rings. The number of nitrogens with one attached hydrogen (secondary N) is 1. The molecule has 0 unspecified atom stereocenters. The topological polar surface area (TPSA) is 98.0 Å². The zero-order valence-electron chi connectivity index (χ0n) is 14.1. The Balaban J connectivity index is 1.85. The van der Waals surface area contributed by atoms with Crippen LogP contribution < -0.4 is 4.72 Å². The number of rotatable bonds is 4. The van der Waals surface area contributed by atoms with Crippen LogP contribution in [0.25, 0.3) is 11.3 Å². The van der Waals surface area contributed by atoms with Crippen LogP contribution in [0.15, 0.2) is 58.4 Å². The molecule has 0 spiro atoms. The molecule has 0 aliphatic carbocycles. The van der Waals surface area contributed by atoms with Crippen molar-refractivity contribution in [3.05, 3.63) is 54.9 Å². The number of benzene rings is 1. The monoisotopic (exact) mass is 358 g/mol. The number of sulfonamides is 1. The zero-order chi connectivity index (χ0) is 18.1. The normalized spacial score (nSPS) is 12.1. The maximum Gasteiger partial charge on any atom is 0.263 e. The molecule has 8 heteroatoms. The highest BCUT2D eigenvalue weighted by Gasteiger charge is 2.20. The number of oxazole rings is 1. The van der Waals surface area contributed by atoms with Gasteiger partial charge in [-0.3, -0.25) is 4.72 Å². The lowest BCUT2D eigenvalue weighted by Crippen LogP contribution is -2.19. The van der Waals surface area contributed by atoms with Crippen LogP contribution in [0.5, 0.6) is 0 Å². The van der Waals surface area contributed by atoms with Crippen molar-refractivity contribution in [2.45, 2.75) is 31.1 Å². The highest BCUT2D eigenvalue weighted by molar-refractivity contribution is 7.92. The van der Waals surface area contributed by atoms with Crippen LogP contribution in [0.1, 0.15) is 26.6 Å². The molecular weight excluding hydrogens is 340 g/mol. The van der Waals surface area contributed by atoms with Gasteiger partial charge in [0.25, 0.3) is 10.0 Å². The predicted molar refractivity (Wildman–Crippen MR) is 93.5 cm³/mol. The predicted octanol–water partition coefficient (Wildman–Crippen LogP) is 3.23. The first-order chi connectivity index (χ1) is 11.8. The van der Waals surface area contributed by atoms with E-state index >= 15 is 0 Å². The van der Waals surface area contributed by atoms with Gasteiger partial charge in [0, 0.05) is 17.2 Å². The van der Waals surface area contributed by atoms with Gasteiger partial charge < -0.3 is 4.42 Å². The van der Waals surface area contributed by atoms with E-state index in [2.05, 4.69) is 19.7 Å². The molecule has 2 heterocycles. The van der Waals surface area contributed by atoms with E-state index in [9.17, 15) is 8.42 Å². The number of hydrogen-bond donors (Lipinski definition) is 1. The fourth-order valence-corrected chi connectivity index (χ4v) is 3.13. The summed E-state index contributed by atoms with van der Waals surface area (Å²) in [6.07, 6.45) is 4.43. The summed E-state index contributed by atoms with van der Waals surface area (Å²) < 4.78 is 32.8. The van der Waals surface area contributed by atoms with E-state index < -0.39 is 10.0 Å². The van der Waals surface area contributed by atoms with Crippen LogP contribution in [0, 0.1) is 0 Å². The smallest absolute Gasteiger partial charge is 0.263 e. The Labute approximate surface area is 146 Å². The Morgan fingerprint density at radius 2 is 1.80 bits per heavy atom. The number of nitrogens with zero attached hydrogens (tertiary/aromatic N) is 3. The van der Waals surface area contributed by atoms with Crippen molar-refractivity contribution in [1.29, 1.82) is 0 Å². The fraction of sp³-hybridized carbons (Fsp3) is 0.235. The first-order valence-electron chi connectivity index (χ1n) is 7.61. The molecule has 130 valence electrons. The van der Waals surface area contributed by atoms with Gasteiger partial charge in [-0.15, -0.1) is 0 Å². The summed E-state index contributed by atoms with van der Waals surface area (Å²) in [6.45, 7) is 5.88. The average Bonchev–Trinajstić information content (AvgIpc) is 3.08. The molecule has 7 nitrogen and oxygen atoms in total. The Morgan fingerprint density at radius 1 is 1.08 bits per heavy atom. The average molecular weight is 358 g/mol. The van der Waals surface area contributed by atoms with E-state index in [4.69, 9.17) is 4.42 Å². The van der Waals surface area contributed by atoms with Crippen LogP contribution in [0.2, 0.25) is 0 Å². The van der Waals surface area contributed by atoms with Gasteiger partial charge in [-0.2, -0.15) is 0 Å². The minimum Gasteiger partial charge on any atom is -0.444 e. The highest BCUT2D eigenvalue weighted by Crippen LogP contribution is 2.23. The molecule has 0 aliphatic heterocycles. The van der Waals surface area contributed by atoms with Crippen LogP contribution in [-0.2, 0) is 15.4 Å². The largest absolute Gasteiger partial charge is 0.444 e. The van der Waals surface area contributed by atoms with Gasteiger partial charge >= 0.3 is 0 Å². The molecule has 25 heavy (non-hydrogen) atoms. The summed E-state index contributed by atoms with van der Waals surface area (Å²) in [6, 6.07) is 7.86. The Hall–Kier alpha value is -2.74. The van der Waals surface area contributed by atoms with Gasteiger partial charge in [0.2, 0.25) is 0 Å². The first-order valence-corrected chi connectivity index (χ1v) is 9.09. The molecule has 3 aromatic rings. The van der Waals surface area contributed by atoms with Gasteiger partial charge in [-0.25, -0.2) is 23.4 Å². The van der Waals surface area contributed by atoms with Gasteiger partial charge in [0.05, 0.1) is 11.1 Å². The number of hydrogen-bond acceptors (Lipinski definition) is 6. The van der Waals surface area contributed by atoms with Crippen LogP contribution in [-0.4, -0.2) is 23.4 Å². The lowest BCUT2D eigenvalue weighted by Gasteiger charge is -2.17. The van der Waals surface area contributed by atoms with E-state index in [1.807, 2.05) is 20.8 Å². The van der Waals surface area contributed by atoms with Crippen molar-refractivity contribution in [3.63, 3.8) is 0 Å². The zero-order valence-corrected chi connectivity index (χ0v) is 14.9. The molecule has 0 saturated heterocycles. The molecule has 0 atom stereocenters. The van der Waals surface area contributed by atoms with E-state index in [1.54, 1.807) is 24.5 Å². The van der Waals surface area contributed by atoms with Crippen molar-refractivity contribution >= 4 is 15.8 Å². The second-order valence-electron chi connectivity index (χ2n) is 6.51. The molecule has 1 N–H and O–H groups in total. The molecule has 2 aromatic heterocycles. The second kappa shape index (κ2) is 6.29. The molecule has 3 rings (SSSR count). The lowest BCUT2D eigenvalue weighted by molar-refractivity contribution is 0.546. The molecule has 1 aromatic carbocycles. The summed E-state index contributed by atoms with van der Waals surface area (Å²) in [5, 5.41) is 0. The van der Waals surface area contributed by atoms with E-state index in [0.717, 1.165) is 5.56 Å². The van der Waals surface area contributed by atoms with Crippen molar-refractivity contribution in [1.82, 2.24) is 15.0 Å². The summed E-state index contributed by atoms with van der Waals surface area (Å²) in [4.78, 5) is 12.5. The van der Waals surface area contributed by atoms with E-state index in [1.165, 1.54) is 24.6 Å². The fourth-order valence-electron chi connectivity index (χ4n) is 2.13. The molecular formula is C17H18N4O3S. The molecule has 0 fully saturated rings. The minimum absolute atomic E-state index is 0.131. The third kappa shape index (κ3) is 3.85. The van der Waals surface area contributed by atoms with E-state index in [-0.39, 0.29) is 16.1 Å². The summed E-state index contributed by atoms with van der Waals surface area (Å²) in [7, 11) is -3.75. The summed E-state index contributed by atoms with van der Waals surface area (Å²) >= 11 is 0. The molecule has 0 saturated carbocycles. The first kappa shape index (κ1) is 17.1. The number of anilines is 1. The van der Waals surface area contributed by atoms with Crippen molar-refractivity contribution in [3.8, 4) is 11.3 Å². The quantitative estimate of drug-likeness (QED) is 0.769. The van der Waals surface area contributed by atoms with Crippen molar-refractivity contribution in [2.75, 3.05) is 4.72 Å². The van der Waals surface area contributed by atoms with Crippen molar-refractivity contribution in [2.24, 2.45) is 0 Å². The maximum atomic E-state index is 12.6. The highest BCUT2D eigenvalue weighted by atomic mass is 32.2. The van der Waals surface area contributed by atoms with Crippen LogP contribution in [0.3, 0.4) is 0 Å². The Kier molecular flexibility index (Phi) is 4.30. The van der Waals surface area contributed by atoms with E-state index in [0.29, 0.717) is 11.6 Å². The standard InChI is InChI=1S/C17H18N4O3S/c1-17(2,3)16-19-9-8-15(20-16)21-25(22,23)13-6-4-12(5-7-13)14-10-18-11-24-14/h4-11H,1-3H3,(H,19,20,21). The molecule has 0 bridgehead atoms. The van der Waals surface area contributed by atoms with Gasteiger partial charge in [-0.1, -0.05) is 20.8 Å². The molecule has 0 amide bonds.